The Labute approximate surface area is 102 Å². The standard InChI is InChI=1S/C12H23N3O2/c13-10-3-1-2-9(6-10)7-14-12(16)15-11-4-5-17-8-11/h9-11H,1-8,13H2,(H2,14,15,16). The maximum Gasteiger partial charge on any atom is 0.315 e. The molecule has 1 heterocycles. The summed E-state index contributed by atoms with van der Waals surface area (Å²) < 4.78 is 5.21. The Kier molecular flexibility index (Phi) is 4.62. The van der Waals surface area contributed by atoms with Crippen LogP contribution in [-0.4, -0.2) is 37.9 Å². The zero-order valence-electron chi connectivity index (χ0n) is 10.3. The molecule has 0 bridgehead atoms. The van der Waals surface area contributed by atoms with E-state index in [-0.39, 0.29) is 12.1 Å². The van der Waals surface area contributed by atoms with Crippen LogP contribution in [0.25, 0.3) is 0 Å². The van der Waals surface area contributed by atoms with Crippen LogP contribution in [0.2, 0.25) is 0 Å². The number of nitrogens with one attached hydrogen (secondary N) is 2. The van der Waals surface area contributed by atoms with Gasteiger partial charge in [-0.25, -0.2) is 4.79 Å². The molecule has 1 aliphatic heterocycles. The third-order valence-electron chi connectivity index (χ3n) is 3.64. The van der Waals surface area contributed by atoms with E-state index in [0.717, 1.165) is 32.4 Å². The minimum atomic E-state index is -0.0698. The summed E-state index contributed by atoms with van der Waals surface area (Å²) in [4.78, 5) is 11.6. The van der Waals surface area contributed by atoms with Crippen LogP contribution in [0, 0.1) is 5.92 Å². The van der Waals surface area contributed by atoms with Crippen LogP contribution in [0.5, 0.6) is 0 Å². The molecule has 2 aliphatic rings. The van der Waals surface area contributed by atoms with Gasteiger partial charge in [0.15, 0.2) is 0 Å². The predicted molar refractivity (Wildman–Crippen MR) is 65.7 cm³/mol. The largest absolute Gasteiger partial charge is 0.379 e. The molecule has 0 aromatic carbocycles. The topological polar surface area (TPSA) is 76.4 Å². The van der Waals surface area contributed by atoms with Crippen molar-refractivity contribution < 1.29 is 9.53 Å². The maximum absolute atomic E-state index is 11.6. The van der Waals surface area contributed by atoms with Crippen LogP contribution in [0.15, 0.2) is 0 Å². The van der Waals surface area contributed by atoms with Crippen molar-refractivity contribution in [2.45, 2.75) is 44.2 Å². The number of carbonyl (C=O) groups is 1. The van der Waals surface area contributed by atoms with E-state index >= 15 is 0 Å². The van der Waals surface area contributed by atoms with Crippen LogP contribution >= 0.6 is 0 Å². The molecule has 2 fully saturated rings. The van der Waals surface area contributed by atoms with E-state index in [1.807, 2.05) is 0 Å². The molecular weight excluding hydrogens is 218 g/mol. The van der Waals surface area contributed by atoms with Gasteiger partial charge in [-0.1, -0.05) is 6.42 Å². The monoisotopic (exact) mass is 241 g/mol. The third kappa shape index (κ3) is 4.16. The van der Waals surface area contributed by atoms with Crippen molar-refractivity contribution in [2.24, 2.45) is 11.7 Å². The first-order valence-corrected chi connectivity index (χ1v) is 6.61. The molecule has 0 aromatic rings. The summed E-state index contributed by atoms with van der Waals surface area (Å²) in [5.41, 5.74) is 5.92. The summed E-state index contributed by atoms with van der Waals surface area (Å²) in [6.45, 7) is 2.14. The Bertz CT molecular complexity index is 254. The summed E-state index contributed by atoms with van der Waals surface area (Å²) in [7, 11) is 0. The van der Waals surface area contributed by atoms with Gasteiger partial charge in [-0.3, -0.25) is 0 Å². The highest BCUT2D eigenvalue weighted by Gasteiger charge is 2.21. The van der Waals surface area contributed by atoms with Crippen LogP contribution in [0.4, 0.5) is 4.79 Å². The maximum atomic E-state index is 11.6. The van der Waals surface area contributed by atoms with Crippen molar-refractivity contribution in [2.75, 3.05) is 19.8 Å². The number of ether oxygens (including phenoxy) is 1. The average molecular weight is 241 g/mol. The number of hydrogen-bond acceptors (Lipinski definition) is 3. The molecule has 3 atom stereocenters. The highest BCUT2D eigenvalue weighted by atomic mass is 16.5. The normalized spacial score (nSPS) is 33.4. The first kappa shape index (κ1) is 12.6. The first-order chi connectivity index (χ1) is 8.24. The van der Waals surface area contributed by atoms with Crippen molar-refractivity contribution in [3.05, 3.63) is 0 Å². The van der Waals surface area contributed by atoms with E-state index in [2.05, 4.69) is 10.6 Å². The molecule has 17 heavy (non-hydrogen) atoms. The van der Waals surface area contributed by atoms with Crippen molar-refractivity contribution >= 4 is 6.03 Å². The molecule has 2 rings (SSSR count). The van der Waals surface area contributed by atoms with Gasteiger partial charge in [-0.2, -0.15) is 0 Å². The van der Waals surface area contributed by atoms with Crippen molar-refractivity contribution in [1.29, 1.82) is 0 Å². The molecule has 5 nitrogen and oxygen atoms in total. The van der Waals surface area contributed by atoms with Gasteiger partial charge in [0.1, 0.15) is 0 Å². The first-order valence-electron chi connectivity index (χ1n) is 6.61. The van der Waals surface area contributed by atoms with E-state index < -0.39 is 0 Å². The highest BCUT2D eigenvalue weighted by molar-refractivity contribution is 5.74. The van der Waals surface area contributed by atoms with Crippen molar-refractivity contribution in [3.63, 3.8) is 0 Å². The van der Waals surface area contributed by atoms with E-state index in [9.17, 15) is 4.79 Å². The lowest BCUT2D eigenvalue weighted by atomic mass is 9.86. The third-order valence-corrected chi connectivity index (χ3v) is 3.64. The smallest absolute Gasteiger partial charge is 0.315 e. The lowest BCUT2D eigenvalue weighted by molar-refractivity contribution is 0.188. The second-order valence-electron chi connectivity index (χ2n) is 5.21. The molecule has 2 amide bonds. The number of rotatable bonds is 3. The predicted octanol–water partition coefficient (Wildman–Crippen LogP) is 0.592. The lowest BCUT2D eigenvalue weighted by Crippen LogP contribution is -2.44. The van der Waals surface area contributed by atoms with Crippen LogP contribution < -0.4 is 16.4 Å². The molecule has 5 heteroatoms. The summed E-state index contributed by atoms with van der Waals surface area (Å²) in [6.07, 6.45) is 5.45. The molecule has 3 unspecified atom stereocenters. The Morgan fingerprint density at radius 1 is 1.35 bits per heavy atom. The minimum Gasteiger partial charge on any atom is -0.379 e. The Hall–Kier alpha value is -0.810. The Balaban J connectivity index is 1.61. The van der Waals surface area contributed by atoms with Gasteiger partial charge < -0.3 is 21.1 Å². The van der Waals surface area contributed by atoms with E-state index in [0.29, 0.717) is 18.6 Å². The van der Waals surface area contributed by atoms with Gasteiger partial charge in [0.05, 0.1) is 12.6 Å². The SMILES string of the molecule is NC1CCCC(CNC(=O)NC2CCOC2)C1. The second-order valence-corrected chi connectivity index (χ2v) is 5.21. The number of carbonyl (C=O) groups excluding carboxylic acids is 1. The number of hydrogen-bond donors (Lipinski definition) is 3. The molecular formula is C12H23N3O2. The Morgan fingerprint density at radius 3 is 2.94 bits per heavy atom. The van der Waals surface area contributed by atoms with E-state index in [1.165, 1.54) is 12.8 Å². The fourth-order valence-electron chi connectivity index (χ4n) is 2.64. The molecule has 0 aromatic heterocycles. The summed E-state index contributed by atoms with van der Waals surface area (Å²) in [5.74, 6) is 0.546. The van der Waals surface area contributed by atoms with Crippen LogP contribution in [0.1, 0.15) is 32.1 Å². The van der Waals surface area contributed by atoms with E-state index in [1.54, 1.807) is 0 Å². The summed E-state index contributed by atoms with van der Waals surface area (Å²) in [5, 5.41) is 5.86. The Morgan fingerprint density at radius 2 is 2.24 bits per heavy atom. The van der Waals surface area contributed by atoms with Gasteiger partial charge in [-0.05, 0) is 31.6 Å². The van der Waals surface area contributed by atoms with Gasteiger partial charge in [0.2, 0.25) is 0 Å². The molecule has 1 saturated carbocycles. The molecule has 0 spiro atoms. The molecule has 98 valence electrons. The van der Waals surface area contributed by atoms with Crippen molar-refractivity contribution in [1.82, 2.24) is 10.6 Å². The van der Waals surface area contributed by atoms with Gasteiger partial charge >= 0.3 is 6.03 Å². The lowest BCUT2D eigenvalue weighted by Gasteiger charge is -2.26. The van der Waals surface area contributed by atoms with Gasteiger partial charge in [-0.15, -0.1) is 0 Å². The molecule has 4 N–H and O–H groups in total. The molecule has 1 aliphatic carbocycles. The fraction of sp³-hybridized carbons (Fsp3) is 0.917. The number of amides is 2. The van der Waals surface area contributed by atoms with Crippen LogP contribution in [-0.2, 0) is 4.74 Å². The summed E-state index contributed by atoms with van der Waals surface area (Å²) in [6, 6.07) is 0.435. The fourth-order valence-corrected chi connectivity index (χ4v) is 2.64. The molecule has 1 saturated heterocycles. The average Bonchev–Trinajstić information content (AvgIpc) is 2.79. The number of nitrogens with two attached hydrogens (primary N) is 1. The van der Waals surface area contributed by atoms with E-state index in [4.69, 9.17) is 10.5 Å². The summed E-state index contributed by atoms with van der Waals surface area (Å²) >= 11 is 0. The second kappa shape index (κ2) is 6.21. The molecule has 0 radical (unpaired) electrons. The minimum absolute atomic E-state index is 0.0698. The highest BCUT2D eigenvalue weighted by Crippen LogP contribution is 2.22. The quantitative estimate of drug-likeness (QED) is 0.677. The van der Waals surface area contributed by atoms with Gasteiger partial charge in [0, 0.05) is 19.2 Å². The zero-order chi connectivity index (χ0) is 12.1. The van der Waals surface area contributed by atoms with Crippen LogP contribution in [0.3, 0.4) is 0 Å². The van der Waals surface area contributed by atoms with Gasteiger partial charge in [0.25, 0.3) is 0 Å². The zero-order valence-corrected chi connectivity index (χ0v) is 10.3. The van der Waals surface area contributed by atoms with Crippen molar-refractivity contribution in [3.8, 4) is 0 Å². The number of urea groups is 1.